The number of rotatable bonds is 5. The van der Waals surface area contributed by atoms with Gasteiger partial charge in [0.05, 0.1) is 19.9 Å². The van der Waals surface area contributed by atoms with Crippen LogP contribution in [0, 0.1) is 0 Å². The lowest BCUT2D eigenvalue weighted by molar-refractivity contribution is -0.113. The van der Waals surface area contributed by atoms with Gasteiger partial charge in [-0.1, -0.05) is 39.7 Å². The highest BCUT2D eigenvalue weighted by molar-refractivity contribution is 9.10. The lowest BCUT2D eigenvalue weighted by atomic mass is 10.1. The molecule has 0 aliphatic carbocycles. The first-order valence-corrected chi connectivity index (χ1v) is 10.6. The van der Waals surface area contributed by atoms with Crippen LogP contribution in [0.4, 0.5) is 5.69 Å². The van der Waals surface area contributed by atoms with Crippen LogP contribution in [0.25, 0.3) is 6.08 Å². The van der Waals surface area contributed by atoms with Crippen molar-refractivity contribution in [1.29, 1.82) is 0 Å². The van der Waals surface area contributed by atoms with E-state index in [4.69, 9.17) is 21.1 Å². The molecular weight excluding hydrogens is 480 g/mol. The lowest BCUT2D eigenvalue weighted by Gasteiger charge is -2.18. The van der Waals surface area contributed by atoms with Gasteiger partial charge in [-0.2, -0.15) is 0 Å². The van der Waals surface area contributed by atoms with Crippen molar-refractivity contribution in [2.45, 2.75) is 0 Å². The molecule has 0 fully saturated rings. The van der Waals surface area contributed by atoms with Crippen LogP contribution < -0.4 is 14.4 Å². The molecule has 0 spiro atoms. The fourth-order valence-corrected chi connectivity index (χ4v) is 3.61. The fraction of sp³-hybridized carbons (Fsp3) is 0.0833. The molecular formula is C24H18BrClN2O3. The molecule has 4 rings (SSSR count). The first kappa shape index (κ1) is 21.2. The van der Waals surface area contributed by atoms with Crippen LogP contribution in [-0.4, -0.2) is 26.0 Å². The summed E-state index contributed by atoms with van der Waals surface area (Å²) in [5.74, 6) is 1.56. The van der Waals surface area contributed by atoms with E-state index in [-0.39, 0.29) is 5.91 Å². The van der Waals surface area contributed by atoms with Crippen molar-refractivity contribution in [2.75, 3.05) is 19.1 Å². The first-order chi connectivity index (χ1) is 15.0. The highest BCUT2D eigenvalue weighted by atomic mass is 79.9. The molecule has 1 amide bonds. The Labute approximate surface area is 193 Å². The molecule has 0 saturated heterocycles. The Morgan fingerprint density at radius 1 is 0.968 bits per heavy atom. The summed E-state index contributed by atoms with van der Waals surface area (Å²) < 4.78 is 11.7. The zero-order chi connectivity index (χ0) is 22.0. The Balaban J connectivity index is 1.82. The summed E-state index contributed by atoms with van der Waals surface area (Å²) in [7, 11) is 3.16. The molecule has 0 unspecified atom stereocenters. The van der Waals surface area contributed by atoms with E-state index in [2.05, 4.69) is 20.9 Å². The van der Waals surface area contributed by atoms with E-state index >= 15 is 0 Å². The number of amides is 1. The molecule has 31 heavy (non-hydrogen) atoms. The molecule has 1 heterocycles. The third kappa shape index (κ3) is 4.36. The second-order valence-corrected chi connectivity index (χ2v) is 8.05. The summed E-state index contributed by atoms with van der Waals surface area (Å²) in [6.07, 6.45) is 1.72. The topological polar surface area (TPSA) is 51.1 Å². The van der Waals surface area contributed by atoms with Crippen LogP contribution >= 0.6 is 27.5 Å². The highest BCUT2D eigenvalue weighted by Gasteiger charge is 2.32. The number of benzene rings is 3. The first-order valence-electron chi connectivity index (χ1n) is 9.38. The van der Waals surface area contributed by atoms with Crippen LogP contribution in [0.15, 0.2) is 81.9 Å². The predicted molar refractivity (Wildman–Crippen MR) is 127 cm³/mol. The van der Waals surface area contributed by atoms with Gasteiger partial charge in [0.2, 0.25) is 0 Å². The van der Waals surface area contributed by atoms with Gasteiger partial charge in [-0.3, -0.25) is 9.69 Å². The van der Waals surface area contributed by atoms with Crippen LogP contribution in [0.2, 0.25) is 5.02 Å². The Morgan fingerprint density at radius 2 is 1.68 bits per heavy atom. The number of nitrogens with zero attached hydrogens (tertiary/aromatic N) is 2. The zero-order valence-electron chi connectivity index (χ0n) is 16.8. The average Bonchev–Trinajstić information content (AvgIpc) is 3.11. The summed E-state index contributed by atoms with van der Waals surface area (Å²) >= 11 is 9.49. The number of anilines is 1. The normalized spacial score (nSPS) is 14.7. The third-order valence-electron chi connectivity index (χ3n) is 4.78. The van der Waals surface area contributed by atoms with E-state index in [1.165, 1.54) is 0 Å². The minimum Gasteiger partial charge on any atom is -0.497 e. The molecule has 1 aliphatic heterocycles. The van der Waals surface area contributed by atoms with Crippen molar-refractivity contribution in [3.05, 3.63) is 93.0 Å². The molecule has 0 N–H and O–H groups in total. The van der Waals surface area contributed by atoms with Gasteiger partial charge in [0.25, 0.3) is 5.91 Å². The van der Waals surface area contributed by atoms with E-state index < -0.39 is 0 Å². The van der Waals surface area contributed by atoms with Crippen LogP contribution in [0.5, 0.6) is 11.5 Å². The maximum atomic E-state index is 13.4. The van der Waals surface area contributed by atoms with Gasteiger partial charge >= 0.3 is 0 Å². The molecule has 156 valence electrons. The van der Waals surface area contributed by atoms with E-state index in [9.17, 15) is 4.79 Å². The van der Waals surface area contributed by atoms with Gasteiger partial charge in [-0.05, 0) is 54.6 Å². The number of ether oxygens (including phenoxy) is 2. The molecule has 7 heteroatoms. The molecule has 5 nitrogen and oxygen atoms in total. The smallest absolute Gasteiger partial charge is 0.282 e. The van der Waals surface area contributed by atoms with Gasteiger partial charge in [0.1, 0.15) is 23.0 Å². The molecule has 3 aromatic carbocycles. The second-order valence-electron chi connectivity index (χ2n) is 6.70. The van der Waals surface area contributed by atoms with Crippen molar-refractivity contribution in [3.8, 4) is 11.5 Å². The highest BCUT2D eigenvalue weighted by Crippen LogP contribution is 2.32. The number of aliphatic imine (C=N–C) groups is 1. The van der Waals surface area contributed by atoms with E-state index in [0.29, 0.717) is 33.7 Å². The predicted octanol–water partition coefficient (Wildman–Crippen LogP) is 5.95. The fourth-order valence-electron chi connectivity index (χ4n) is 3.22. The van der Waals surface area contributed by atoms with Gasteiger partial charge in [-0.15, -0.1) is 0 Å². The van der Waals surface area contributed by atoms with Crippen molar-refractivity contribution >= 4 is 51.0 Å². The molecule has 0 bridgehead atoms. The maximum absolute atomic E-state index is 13.4. The standard InChI is InChI=1S/C24H18BrClN2O3/c1-30-20-12-5-16(22(14-20)31-2)13-21-24(29)28(19-10-8-18(26)9-11-19)23(27-21)15-3-6-17(25)7-4-15/h3-14H,1-2H3/b21-13+. The summed E-state index contributed by atoms with van der Waals surface area (Å²) in [6, 6.07) is 20.1. The Bertz CT molecular complexity index is 1190. The Kier molecular flexibility index (Phi) is 6.11. The van der Waals surface area contributed by atoms with E-state index in [0.717, 1.165) is 15.6 Å². The van der Waals surface area contributed by atoms with Crippen molar-refractivity contribution in [3.63, 3.8) is 0 Å². The van der Waals surface area contributed by atoms with Crippen molar-refractivity contribution in [1.82, 2.24) is 0 Å². The quantitative estimate of drug-likeness (QED) is 0.409. The number of amidine groups is 1. The van der Waals surface area contributed by atoms with Gasteiger partial charge in [0.15, 0.2) is 0 Å². The zero-order valence-corrected chi connectivity index (χ0v) is 19.1. The summed E-state index contributed by atoms with van der Waals surface area (Å²) in [5.41, 5.74) is 2.53. The number of methoxy groups -OCH3 is 2. The molecule has 0 atom stereocenters. The number of hydrogen-bond donors (Lipinski definition) is 0. The molecule has 1 aliphatic rings. The molecule has 0 saturated carbocycles. The summed E-state index contributed by atoms with van der Waals surface area (Å²) in [4.78, 5) is 19.7. The van der Waals surface area contributed by atoms with Crippen LogP contribution in [0.3, 0.4) is 0 Å². The number of carbonyl (C=O) groups excluding carboxylic acids is 1. The minimum absolute atomic E-state index is 0.238. The van der Waals surface area contributed by atoms with Crippen molar-refractivity contribution < 1.29 is 14.3 Å². The largest absolute Gasteiger partial charge is 0.497 e. The van der Waals surface area contributed by atoms with Crippen LogP contribution in [0.1, 0.15) is 11.1 Å². The van der Waals surface area contributed by atoms with E-state index in [1.807, 2.05) is 36.4 Å². The summed E-state index contributed by atoms with van der Waals surface area (Å²) in [5, 5.41) is 0.594. The molecule has 3 aromatic rings. The summed E-state index contributed by atoms with van der Waals surface area (Å²) in [6.45, 7) is 0. The third-order valence-corrected chi connectivity index (χ3v) is 5.56. The average molecular weight is 498 g/mol. The lowest BCUT2D eigenvalue weighted by Crippen LogP contribution is -2.32. The number of hydrogen-bond acceptors (Lipinski definition) is 4. The van der Waals surface area contributed by atoms with Crippen LogP contribution in [-0.2, 0) is 4.79 Å². The maximum Gasteiger partial charge on any atom is 0.282 e. The second kappa shape index (κ2) is 8.96. The van der Waals surface area contributed by atoms with E-state index in [1.54, 1.807) is 55.5 Å². The Hall–Kier alpha value is -3.09. The molecule has 0 radical (unpaired) electrons. The number of carbonyl (C=O) groups is 1. The Morgan fingerprint density at radius 3 is 2.32 bits per heavy atom. The van der Waals surface area contributed by atoms with Gasteiger partial charge in [0, 0.05) is 26.7 Å². The van der Waals surface area contributed by atoms with Crippen molar-refractivity contribution in [2.24, 2.45) is 4.99 Å². The SMILES string of the molecule is COc1ccc(/C=C2/N=C(c3ccc(Br)cc3)N(c3ccc(Cl)cc3)C2=O)c(OC)c1. The monoisotopic (exact) mass is 496 g/mol. The van der Waals surface area contributed by atoms with Gasteiger partial charge in [-0.25, -0.2) is 4.99 Å². The number of halogens is 2. The van der Waals surface area contributed by atoms with Gasteiger partial charge < -0.3 is 9.47 Å². The molecule has 0 aromatic heterocycles. The minimum atomic E-state index is -0.238.